The van der Waals surface area contributed by atoms with E-state index in [0.29, 0.717) is 11.6 Å². The van der Waals surface area contributed by atoms with E-state index in [2.05, 4.69) is 5.32 Å². The van der Waals surface area contributed by atoms with Crippen LogP contribution in [0.25, 0.3) is 0 Å². The zero-order valence-electron chi connectivity index (χ0n) is 10.8. The van der Waals surface area contributed by atoms with Crippen molar-refractivity contribution in [3.63, 3.8) is 0 Å². The molecule has 0 heterocycles. The molecule has 0 saturated heterocycles. The van der Waals surface area contributed by atoms with Gasteiger partial charge in [-0.1, -0.05) is 12.1 Å². The number of para-hydroxylation sites is 1. The average molecular weight is 282 g/mol. The van der Waals surface area contributed by atoms with E-state index in [4.69, 9.17) is 5.73 Å². The van der Waals surface area contributed by atoms with Gasteiger partial charge >= 0.3 is 0 Å². The average Bonchev–Trinajstić information content (AvgIpc) is 3.11. The van der Waals surface area contributed by atoms with Crippen molar-refractivity contribution in [1.29, 1.82) is 0 Å². The number of carbonyl (C=O) groups excluding carboxylic acids is 1. The van der Waals surface area contributed by atoms with Crippen LogP contribution in [0.3, 0.4) is 0 Å². The highest BCUT2D eigenvalue weighted by molar-refractivity contribution is 7.90. The normalized spacial score (nSPS) is 16.9. The molecule has 1 aliphatic carbocycles. The van der Waals surface area contributed by atoms with E-state index >= 15 is 0 Å². The number of nitrogens with two attached hydrogens (primary N) is 1. The minimum absolute atomic E-state index is 0.128. The molecule has 1 aliphatic rings. The van der Waals surface area contributed by atoms with Crippen molar-refractivity contribution in [3.8, 4) is 0 Å². The van der Waals surface area contributed by atoms with Gasteiger partial charge in [-0.2, -0.15) is 0 Å². The van der Waals surface area contributed by atoms with Crippen molar-refractivity contribution < 1.29 is 13.2 Å². The van der Waals surface area contributed by atoms with Gasteiger partial charge in [-0.3, -0.25) is 4.79 Å². The maximum absolute atomic E-state index is 11.8. The third kappa shape index (κ3) is 3.78. The van der Waals surface area contributed by atoms with Crippen molar-refractivity contribution in [2.24, 2.45) is 11.7 Å². The Morgan fingerprint density at radius 2 is 2.05 bits per heavy atom. The molecule has 1 fully saturated rings. The molecule has 0 bridgehead atoms. The lowest BCUT2D eigenvalue weighted by Crippen LogP contribution is -2.29. The van der Waals surface area contributed by atoms with Crippen LogP contribution in [0.5, 0.6) is 0 Å². The van der Waals surface area contributed by atoms with E-state index in [1.165, 1.54) is 6.07 Å². The molecular formula is C13H18N2O3S. The molecule has 2 rings (SSSR count). The Balaban J connectivity index is 2.08. The van der Waals surface area contributed by atoms with E-state index in [0.717, 1.165) is 19.1 Å². The van der Waals surface area contributed by atoms with Crippen molar-refractivity contribution in [2.75, 3.05) is 11.6 Å². The van der Waals surface area contributed by atoms with Gasteiger partial charge in [0.15, 0.2) is 9.84 Å². The fraction of sp³-hybridized carbons (Fsp3) is 0.462. The molecule has 0 aromatic heterocycles. The molecule has 1 aromatic rings. The molecular weight excluding hydrogens is 264 g/mol. The summed E-state index contributed by atoms with van der Waals surface area (Å²) < 4.78 is 23.2. The second-order valence-electron chi connectivity index (χ2n) is 5.02. The number of anilines is 1. The summed E-state index contributed by atoms with van der Waals surface area (Å²) in [5.41, 5.74) is 6.20. The lowest BCUT2D eigenvalue weighted by molar-refractivity contribution is -0.116. The molecule has 19 heavy (non-hydrogen) atoms. The first kappa shape index (κ1) is 14.0. The van der Waals surface area contributed by atoms with E-state index < -0.39 is 9.84 Å². The third-order valence-corrected chi connectivity index (χ3v) is 4.36. The van der Waals surface area contributed by atoms with Gasteiger partial charge in [0.05, 0.1) is 10.6 Å². The molecule has 1 atom stereocenters. The fourth-order valence-electron chi connectivity index (χ4n) is 2.00. The molecule has 0 radical (unpaired) electrons. The maximum atomic E-state index is 11.8. The van der Waals surface area contributed by atoms with E-state index in [9.17, 15) is 13.2 Å². The second-order valence-corrected chi connectivity index (χ2v) is 7.01. The standard InChI is InChI=1S/C13H18N2O3S/c1-19(17,18)12-5-3-2-4-11(12)15-13(16)8-10(14)9-6-7-9/h2-5,9-10H,6-8,14H2,1H3,(H,15,16). The zero-order chi connectivity index (χ0) is 14.0. The van der Waals surface area contributed by atoms with Crippen LogP contribution in [0, 0.1) is 5.92 Å². The molecule has 1 unspecified atom stereocenters. The predicted octanol–water partition coefficient (Wildman–Crippen LogP) is 1.16. The van der Waals surface area contributed by atoms with E-state index in [1.807, 2.05) is 0 Å². The molecule has 0 aliphatic heterocycles. The smallest absolute Gasteiger partial charge is 0.225 e. The van der Waals surface area contributed by atoms with Crippen LogP contribution < -0.4 is 11.1 Å². The van der Waals surface area contributed by atoms with Gasteiger partial charge in [-0.25, -0.2) is 8.42 Å². The molecule has 1 aromatic carbocycles. The molecule has 1 amide bonds. The first-order valence-corrected chi connectivity index (χ1v) is 8.11. The predicted molar refractivity (Wildman–Crippen MR) is 73.5 cm³/mol. The van der Waals surface area contributed by atoms with Crippen molar-refractivity contribution in [1.82, 2.24) is 0 Å². The number of benzene rings is 1. The van der Waals surface area contributed by atoms with Gasteiger partial charge in [0.2, 0.25) is 5.91 Å². The van der Waals surface area contributed by atoms with Crippen LogP contribution in [-0.2, 0) is 14.6 Å². The number of nitrogens with one attached hydrogen (secondary N) is 1. The first-order valence-electron chi connectivity index (χ1n) is 6.22. The van der Waals surface area contributed by atoms with E-state index in [1.54, 1.807) is 18.2 Å². The van der Waals surface area contributed by atoms with Gasteiger partial charge < -0.3 is 11.1 Å². The summed E-state index contributed by atoms with van der Waals surface area (Å²) in [5.74, 6) is 0.200. The topological polar surface area (TPSA) is 89.3 Å². The second kappa shape index (κ2) is 5.30. The highest BCUT2D eigenvalue weighted by Crippen LogP contribution is 2.33. The van der Waals surface area contributed by atoms with Gasteiger partial charge in [0.25, 0.3) is 0 Å². The van der Waals surface area contributed by atoms with Gasteiger partial charge in [-0.15, -0.1) is 0 Å². The monoisotopic (exact) mass is 282 g/mol. The number of hydrogen-bond donors (Lipinski definition) is 2. The summed E-state index contributed by atoms with van der Waals surface area (Å²) >= 11 is 0. The number of hydrogen-bond acceptors (Lipinski definition) is 4. The largest absolute Gasteiger partial charge is 0.327 e. The quantitative estimate of drug-likeness (QED) is 0.848. The minimum Gasteiger partial charge on any atom is -0.327 e. The maximum Gasteiger partial charge on any atom is 0.225 e. The Kier molecular flexibility index (Phi) is 3.91. The van der Waals surface area contributed by atoms with Gasteiger partial charge in [0.1, 0.15) is 0 Å². The van der Waals surface area contributed by atoms with E-state index in [-0.39, 0.29) is 23.3 Å². The minimum atomic E-state index is -3.36. The molecule has 6 heteroatoms. The van der Waals surface area contributed by atoms with Crippen molar-refractivity contribution in [2.45, 2.75) is 30.2 Å². The van der Waals surface area contributed by atoms with Crippen LogP contribution in [0.15, 0.2) is 29.2 Å². The van der Waals surface area contributed by atoms with Gasteiger partial charge in [0, 0.05) is 18.7 Å². The molecule has 0 spiro atoms. The Morgan fingerprint density at radius 3 is 2.63 bits per heavy atom. The summed E-state index contributed by atoms with van der Waals surface area (Å²) in [6.45, 7) is 0. The lowest BCUT2D eigenvalue weighted by Gasteiger charge is -2.12. The highest BCUT2D eigenvalue weighted by Gasteiger charge is 2.30. The molecule has 5 nitrogen and oxygen atoms in total. The number of carbonyl (C=O) groups is 1. The highest BCUT2D eigenvalue weighted by atomic mass is 32.2. The van der Waals surface area contributed by atoms with Crippen LogP contribution >= 0.6 is 0 Å². The summed E-state index contributed by atoms with van der Waals surface area (Å²) in [4.78, 5) is 12.0. The first-order chi connectivity index (χ1) is 8.88. The summed E-state index contributed by atoms with van der Waals surface area (Å²) in [5, 5.41) is 2.63. The lowest BCUT2D eigenvalue weighted by atomic mass is 10.1. The summed E-state index contributed by atoms with van der Waals surface area (Å²) in [7, 11) is -3.36. The Morgan fingerprint density at radius 1 is 1.42 bits per heavy atom. The van der Waals surface area contributed by atoms with Crippen LogP contribution in [-0.4, -0.2) is 26.6 Å². The van der Waals surface area contributed by atoms with Crippen LogP contribution in [0.2, 0.25) is 0 Å². The Hall–Kier alpha value is -1.40. The number of rotatable bonds is 5. The van der Waals surface area contributed by atoms with Crippen LogP contribution in [0.1, 0.15) is 19.3 Å². The zero-order valence-corrected chi connectivity index (χ0v) is 11.6. The third-order valence-electron chi connectivity index (χ3n) is 3.21. The fourth-order valence-corrected chi connectivity index (χ4v) is 2.84. The molecule has 1 saturated carbocycles. The van der Waals surface area contributed by atoms with Crippen LogP contribution in [0.4, 0.5) is 5.69 Å². The van der Waals surface area contributed by atoms with Crippen molar-refractivity contribution >= 4 is 21.4 Å². The molecule has 104 valence electrons. The number of amides is 1. The SMILES string of the molecule is CS(=O)(=O)c1ccccc1NC(=O)CC(N)C1CC1. The summed E-state index contributed by atoms with van der Waals surface area (Å²) in [6, 6.07) is 6.24. The Bertz CT molecular complexity index is 579. The molecule has 3 N–H and O–H groups in total. The van der Waals surface area contributed by atoms with Crippen molar-refractivity contribution in [3.05, 3.63) is 24.3 Å². The summed E-state index contributed by atoms with van der Waals surface area (Å²) in [6.07, 6.45) is 3.50. The van der Waals surface area contributed by atoms with Gasteiger partial charge in [-0.05, 0) is 30.9 Å². The number of sulfone groups is 1. The Labute approximate surface area is 113 Å².